The summed E-state index contributed by atoms with van der Waals surface area (Å²) in [7, 11) is 1.60. The van der Waals surface area contributed by atoms with Crippen molar-refractivity contribution in [3.63, 3.8) is 0 Å². The van der Waals surface area contributed by atoms with Crippen LogP contribution in [0.25, 0.3) is 0 Å². The highest BCUT2D eigenvalue weighted by Crippen LogP contribution is 2.24. The van der Waals surface area contributed by atoms with Gasteiger partial charge in [0.25, 0.3) is 0 Å². The van der Waals surface area contributed by atoms with Gasteiger partial charge in [0.15, 0.2) is 0 Å². The predicted octanol–water partition coefficient (Wildman–Crippen LogP) is 1.89. The van der Waals surface area contributed by atoms with Gasteiger partial charge < -0.3 is 14.4 Å². The highest BCUT2D eigenvalue weighted by molar-refractivity contribution is 5.68. The van der Waals surface area contributed by atoms with Gasteiger partial charge in [0.05, 0.1) is 6.61 Å². The fraction of sp³-hybridized carbons (Fsp3) is 0.909. The molecular weight excluding hydrogens is 194 g/mol. The average Bonchev–Trinajstić information content (AvgIpc) is 2.66. The summed E-state index contributed by atoms with van der Waals surface area (Å²) in [5, 5.41) is 0. The van der Waals surface area contributed by atoms with E-state index in [1.54, 1.807) is 7.11 Å². The maximum Gasteiger partial charge on any atom is 0.410 e. The van der Waals surface area contributed by atoms with Crippen molar-refractivity contribution in [3.8, 4) is 0 Å². The first-order valence-corrected chi connectivity index (χ1v) is 5.59. The second-order valence-corrected chi connectivity index (χ2v) is 4.25. The van der Waals surface area contributed by atoms with Gasteiger partial charge in [-0.2, -0.15) is 0 Å². The van der Waals surface area contributed by atoms with Crippen LogP contribution in [0, 0.1) is 5.92 Å². The summed E-state index contributed by atoms with van der Waals surface area (Å²) in [5.74, 6) is 0.502. The van der Waals surface area contributed by atoms with Gasteiger partial charge in [-0.1, -0.05) is 13.8 Å². The molecule has 1 aliphatic heterocycles. The molecule has 1 atom stereocenters. The van der Waals surface area contributed by atoms with E-state index in [0.717, 1.165) is 19.4 Å². The summed E-state index contributed by atoms with van der Waals surface area (Å²) in [6.45, 7) is 5.92. The minimum Gasteiger partial charge on any atom is -0.447 e. The van der Waals surface area contributed by atoms with Crippen molar-refractivity contribution in [3.05, 3.63) is 0 Å². The smallest absolute Gasteiger partial charge is 0.410 e. The van der Waals surface area contributed by atoms with Gasteiger partial charge in [-0.3, -0.25) is 0 Å². The van der Waals surface area contributed by atoms with E-state index in [-0.39, 0.29) is 6.09 Å². The summed E-state index contributed by atoms with van der Waals surface area (Å²) in [5.41, 5.74) is 0. The minimum absolute atomic E-state index is 0.191. The van der Waals surface area contributed by atoms with E-state index in [9.17, 15) is 4.79 Å². The van der Waals surface area contributed by atoms with Crippen molar-refractivity contribution >= 4 is 6.09 Å². The predicted molar refractivity (Wildman–Crippen MR) is 57.8 cm³/mol. The summed E-state index contributed by atoms with van der Waals surface area (Å²) < 4.78 is 9.94. The zero-order valence-corrected chi connectivity index (χ0v) is 9.86. The number of carbonyl (C=O) groups is 1. The monoisotopic (exact) mass is 215 g/mol. The number of amides is 1. The Morgan fingerprint density at radius 3 is 2.80 bits per heavy atom. The molecule has 88 valence electrons. The van der Waals surface area contributed by atoms with Crippen molar-refractivity contribution in [1.29, 1.82) is 0 Å². The van der Waals surface area contributed by atoms with Crippen molar-refractivity contribution in [2.45, 2.75) is 32.7 Å². The third kappa shape index (κ3) is 3.38. The van der Waals surface area contributed by atoms with Crippen molar-refractivity contribution < 1.29 is 14.3 Å². The Kier molecular flexibility index (Phi) is 4.88. The molecule has 1 rings (SSSR count). The Bertz CT molecular complexity index is 206. The van der Waals surface area contributed by atoms with E-state index in [2.05, 4.69) is 13.8 Å². The van der Waals surface area contributed by atoms with Crippen LogP contribution >= 0.6 is 0 Å². The molecule has 0 aromatic carbocycles. The third-order valence-electron chi connectivity index (χ3n) is 2.82. The van der Waals surface area contributed by atoms with Gasteiger partial charge in [0.1, 0.15) is 6.61 Å². The quantitative estimate of drug-likeness (QED) is 0.672. The lowest BCUT2D eigenvalue weighted by atomic mass is 10.0. The molecule has 15 heavy (non-hydrogen) atoms. The van der Waals surface area contributed by atoms with Gasteiger partial charge in [0.2, 0.25) is 0 Å². The van der Waals surface area contributed by atoms with Crippen LogP contribution in [-0.2, 0) is 9.47 Å². The van der Waals surface area contributed by atoms with Crippen molar-refractivity contribution in [2.24, 2.45) is 5.92 Å². The molecular formula is C11H21NO3. The fourth-order valence-electron chi connectivity index (χ4n) is 2.01. The molecule has 0 aromatic rings. The van der Waals surface area contributed by atoms with Gasteiger partial charge in [-0.15, -0.1) is 0 Å². The highest BCUT2D eigenvalue weighted by Gasteiger charge is 2.31. The van der Waals surface area contributed by atoms with E-state index >= 15 is 0 Å². The van der Waals surface area contributed by atoms with Crippen molar-refractivity contribution in [1.82, 2.24) is 4.90 Å². The van der Waals surface area contributed by atoms with Crippen LogP contribution in [0.4, 0.5) is 4.79 Å². The van der Waals surface area contributed by atoms with Crippen LogP contribution in [0.5, 0.6) is 0 Å². The number of likely N-dealkylation sites (tertiary alicyclic amines) is 1. The normalized spacial score (nSPS) is 21.1. The van der Waals surface area contributed by atoms with E-state index in [1.165, 1.54) is 0 Å². The molecule has 1 unspecified atom stereocenters. The Morgan fingerprint density at radius 2 is 2.20 bits per heavy atom. The zero-order chi connectivity index (χ0) is 11.3. The van der Waals surface area contributed by atoms with E-state index in [4.69, 9.17) is 9.47 Å². The number of carbonyl (C=O) groups excluding carboxylic acids is 1. The summed E-state index contributed by atoms with van der Waals surface area (Å²) in [4.78, 5) is 13.5. The average molecular weight is 215 g/mol. The number of hydrogen-bond donors (Lipinski definition) is 0. The molecule has 4 nitrogen and oxygen atoms in total. The van der Waals surface area contributed by atoms with Crippen LogP contribution in [-0.4, -0.2) is 43.9 Å². The molecule has 0 radical (unpaired) electrons. The lowest BCUT2D eigenvalue weighted by Crippen LogP contribution is -2.39. The molecule has 4 heteroatoms. The molecule has 0 N–H and O–H groups in total. The second-order valence-electron chi connectivity index (χ2n) is 4.25. The summed E-state index contributed by atoms with van der Waals surface area (Å²) in [6, 6.07) is 0.347. The lowest BCUT2D eigenvalue weighted by Gasteiger charge is -2.26. The molecule has 1 amide bonds. The van der Waals surface area contributed by atoms with Gasteiger partial charge >= 0.3 is 6.09 Å². The number of nitrogens with zero attached hydrogens (tertiary/aromatic N) is 1. The molecule has 0 bridgehead atoms. The molecule has 1 fully saturated rings. The first kappa shape index (κ1) is 12.3. The minimum atomic E-state index is -0.191. The number of rotatable bonds is 4. The Morgan fingerprint density at radius 1 is 1.47 bits per heavy atom. The standard InChI is InChI=1S/C11H21NO3/c1-9(2)10-5-4-6-12(10)11(13)15-8-7-14-3/h9-10H,4-8H2,1-3H3. The molecule has 0 aromatic heterocycles. The molecule has 0 spiro atoms. The summed E-state index contributed by atoms with van der Waals surface area (Å²) in [6.07, 6.45) is 1.99. The number of hydrogen-bond acceptors (Lipinski definition) is 3. The molecule has 1 aliphatic rings. The number of ether oxygens (including phenoxy) is 2. The SMILES string of the molecule is COCCOC(=O)N1CCCC1C(C)C. The number of methoxy groups -OCH3 is 1. The molecule has 1 heterocycles. The molecule has 1 saturated heterocycles. The van der Waals surface area contributed by atoms with Gasteiger partial charge in [-0.25, -0.2) is 4.79 Å². The molecule has 0 aliphatic carbocycles. The van der Waals surface area contributed by atoms with Crippen LogP contribution in [0.15, 0.2) is 0 Å². The maximum absolute atomic E-state index is 11.7. The Labute approximate surface area is 91.5 Å². The first-order valence-electron chi connectivity index (χ1n) is 5.59. The van der Waals surface area contributed by atoms with Crippen LogP contribution in [0.2, 0.25) is 0 Å². The first-order chi connectivity index (χ1) is 7.16. The van der Waals surface area contributed by atoms with E-state index < -0.39 is 0 Å². The largest absolute Gasteiger partial charge is 0.447 e. The van der Waals surface area contributed by atoms with E-state index in [1.807, 2.05) is 4.90 Å². The fourth-order valence-corrected chi connectivity index (χ4v) is 2.01. The van der Waals surface area contributed by atoms with Crippen LogP contribution in [0.1, 0.15) is 26.7 Å². The van der Waals surface area contributed by atoms with Crippen molar-refractivity contribution in [2.75, 3.05) is 26.9 Å². The Hall–Kier alpha value is -0.770. The van der Waals surface area contributed by atoms with E-state index in [0.29, 0.717) is 25.2 Å². The van der Waals surface area contributed by atoms with Crippen LogP contribution < -0.4 is 0 Å². The maximum atomic E-state index is 11.7. The van der Waals surface area contributed by atoms with Crippen LogP contribution in [0.3, 0.4) is 0 Å². The highest BCUT2D eigenvalue weighted by atomic mass is 16.6. The third-order valence-corrected chi connectivity index (χ3v) is 2.82. The van der Waals surface area contributed by atoms with Gasteiger partial charge in [0, 0.05) is 19.7 Å². The topological polar surface area (TPSA) is 38.8 Å². The summed E-state index contributed by atoms with van der Waals surface area (Å²) >= 11 is 0. The lowest BCUT2D eigenvalue weighted by molar-refractivity contribution is 0.0643. The second kappa shape index (κ2) is 5.95. The molecule has 0 saturated carbocycles. The van der Waals surface area contributed by atoms with Gasteiger partial charge in [-0.05, 0) is 18.8 Å². The zero-order valence-electron chi connectivity index (χ0n) is 9.86. The Balaban J connectivity index is 2.37.